The number of thiophene rings is 1. The van der Waals surface area contributed by atoms with Gasteiger partial charge in [-0.25, -0.2) is 4.98 Å². The molecule has 1 amide bonds. The molecule has 7 heteroatoms. The van der Waals surface area contributed by atoms with E-state index in [-0.39, 0.29) is 17.5 Å². The van der Waals surface area contributed by atoms with Crippen molar-refractivity contribution in [2.45, 2.75) is 39.2 Å². The molecule has 1 unspecified atom stereocenters. The second-order valence-electron chi connectivity index (χ2n) is 7.40. The SMILES string of the molecule is Cc1c(C(=O)NC(C)CCc2ccco2)sc2nc(Cc3ccccc3)[nH]c(=O)c12. The highest BCUT2D eigenvalue weighted by atomic mass is 32.1. The summed E-state index contributed by atoms with van der Waals surface area (Å²) in [6.45, 7) is 3.77. The van der Waals surface area contributed by atoms with Crippen molar-refractivity contribution in [1.82, 2.24) is 15.3 Å². The second kappa shape index (κ2) is 8.67. The number of aryl methyl sites for hydroxylation is 2. The van der Waals surface area contributed by atoms with Gasteiger partial charge in [0.1, 0.15) is 16.4 Å². The average Bonchev–Trinajstić information content (AvgIpc) is 3.35. The second-order valence-corrected chi connectivity index (χ2v) is 8.40. The maximum absolute atomic E-state index is 12.8. The number of hydrogen-bond acceptors (Lipinski definition) is 5. The van der Waals surface area contributed by atoms with Gasteiger partial charge in [0, 0.05) is 18.9 Å². The average molecular weight is 422 g/mol. The Morgan fingerprint density at radius 3 is 2.77 bits per heavy atom. The Morgan fingerprint density at radius 2 is 2.03 bits per heavy atom. The molecule has 0 spiro atoms. The zero-order valence-electron chi connectivity index (χ0n) is 16.9. The molecule has 1 aromatic carbocycles. The first-order chi connectivity index (χ1) is 14.5. The van der Waals surface area contributed by atoms with Gasteiger partial charge in [-0.1, -0.05) is 30.3 Å². The van der Waals surface area contributed by atoms with E-state index >= 15 is 0 Å². The van der Waals surface area contributed by atoms with Gasteiger partial charge in [-0.2, -0.15) is 0 Å². The zero-order valence-corrected chi connectivity index (χ0v) is 17.7. The Bertz CT molecular complexity index is 1210. The van der Waals surface area contributed by atoms with E-state index in [1.807, 2.05) is 49.4 Å². The Kier molecular flexibility index (Phi) is 5.81. The molecule has 4 rings (SSSR count). The van der Waals surface area contributed by atoms with Crippen LogP contribution in [0.15, 0.2) is 57.9 Å². The summed E-state index contributed by atoms with van der Waals surface area (Å²) >= 11 is 1.27. The number of hydrogen-bond donors (Lipinski definition) is 2. The van der Waals surface area contributed by atoms with Gasteiger partial charge in [0.25, 0.3) is 11.5 Å². The molecule has 3 heterocycles. The number of fused-ring (bicyclic) bond motifs is 1. The highest BCUT2D eigenvalue weighted by molar-refractivity contribution is 7.20. The van der Waals surface area contributed by atoms with E-state index in [2.05, 4.69) is 15.3 Å². The quantitative estimate of drug-likeness (QED) is 0.467. The van der Waals surface area contributed by atoms with Gasteiger partial charge in [0.05, 0.1) is 16.5 Å². The van der Waals surface area contributed by atoms with Gasteiger partial charge >= 0.3 is 0 Å². The molecule has 3 aromatic heterocycles. The number of carbonyl (C=O) groups excluding carboxylic acids is 1. The fourth-order valence-corrected chi connectivity index (χ4v) is 4.56. The summed E-state index contributed by atoms with van der Waals surface area (Å²) < 4.78 is 5.34. The van der Waals surface area contributed by atoms with Crippen LogP contribution in [-0.4, -0.2) is 21.9 Å². The van der Waals surface area contributed by atoms with Gasteiger partial charge in [-0.05, 0) is 43.5 Å². The lowest BCUT2D eigenvalue weighted by Gasteiger charge is -2.12. The molecule has 6 nitrogen and oxygen atoms in total. The van der Waals surface area contributed by atoms with Crippen molar-refractivity contribution in [2.75, 3.05) is 0 Å². The summed E-state index contributed by atoms with van der Waals surface area (Å²) in [5.41, 5.74) is 1.53. The standard InChI is InChI=1S/C23H23N3O3S/c1-14(10-11-17-9-6-12-29-17)24-22(28)20-15(2)19-21(27)25-18(26-23(19)30-20)13-16-7-4-3-5-8-16/h3-9,12,14H,10-11,13H2,1-2H3,(H,24,28)(H,25,26,27). The van der Waals surface area contributed by atoms with Crippen LogP contribution >= 0.6 is 11.3 Å². The smallest absolute Gasteiger partial charge is 0.261 e. The predicted octanol–water partition coefficient (Wildman–Crippen LogP) is 4.23. The minimum Gasteiger partial charge on any atom is -0.469 e. The molecule has 0 aliphatic carbocycles. The van der Waals surface area contributed by atoms with Crippen LogP contribution in [-0.2, 0) is 12.8 Å². The maximum atomic E-state index is 12.8. The Balaban J connectivity index is 1.52. The first-order valence-electron chi connectivity index (χ1n) is 9.90. The largest absolute Gasteiger partial charge is 0.469 e. The number of rotatable bonds is 7. The third-order valence-corrected chi connectivity index (χ3v) is 6.24. The summed E-state index contributed by atoms with van der Waals surface area (Å²) in [6.07, 6.45) is 3.71. The molecule has 0 saturated heterocycles. The number of aromatic nitrogens is 2. The summed E-state index contributed by atoms with van der Waals surface area (Å²) in [4.78, 5) is 34.1. The van der Waals surface area contributed by atoms with E-state index in [0.717, 1.165) is 24.2 Å². The van der Waals surface area contributed by atoms with Crippen LogP contribution < -0.4 is 10.9 Å². The van der Waals surface area contributed by atoms with Crippen LogP contribution in [0.2, 0.25) is 0 Å². The van der Waals surface area contributed by atoms with E-state index in [4.69, 9.17) is 4.42 Å². The number of benzene rings is 1. The summed E-state index contributed by atoms with van der Waals surface area (Å²) in [6, 6.07) is 13.6. The fraction of sp³-hybridized carbons (Fsp3) is 0.261. The van der Waals surface area contributed by atoms with Crippen molar-refractivity contribution >= 4 is 27.5 Å². The summed E-state index contributed by atoms with van der Waals surface area (Å²) in [5.74, 6) is 1.32. The molecule has 0 saturated carbocycles. The van der Waals surface area contributed by atoms with Crippen molar-refractivity contribution < 1.29 is 9.21 Å². The summed E-state index contributed by atoms with van der Waals surface area (Å²) in [7, 11) is 0. The number of aromatic amines is 1. The van der Waals surface area contributed by atoms with E-state index in [0.29, 0.717) is 32.9 Å². The Labute approximate surface area is 178 Å². The molecule has 0 bridgehead atoms. The topological polar surface area (TPSA) is 88.0 Å². The lowest BCUT2D eigenvalue weighted by Crippen LogP contribution is -2.32. The van der Waals surface area contributed by atoms with E-state index in [1.165, 1.54) is 11.3 Å². The third kappa shape index (κ3) is 4.36. The summed E-state index contributed by atoms with van der Waals surface area (Å²) in [5, 5.41) is 3.52. The Morgan fingerprint density at radius 1 is 1.23 bits per heavy atom. The van der Waals surface area contributed by atoms with Gasteiger partial charge in [-0.15, -0.1) is 11.3 Å². The van der Waals surface area contributed by atoms with Crippen molar-refractivity contribution in [3.05, 3.63) is 86.7 Å². The molecule has 2 N–H and O–H groups in total. The van der Waals surface area contributed by atoms with Crippen LogP contribution in [0.5, 0.6) is 0 Å². The number of nitrogens with zero attached hydrogens (tertiary/aromatic N) is 1. The van der Waals surface area contributed by atoms with Crippen LogP contribution in [0.25, 0.3) is 10.2 Å². The van der Waals surface area contributed by atoms with Crippen molar-refractivity contribution in [3.63, 3.8) is 0 Å². The first-order valence-corrected chi connectivity index (χ1v) is 10.7. The van der Waals surface area contributed by atoms with Crippen LogP contribution in [0.3, 0.4) is 0 Å². The van der Waals surface area contributed by atoms with E-state index in [1.54, 1.807) is 13.2 Å². The van der Waals surface area contributed by atoms with Crippen molar-refractivity contribution in [3.8, 4) is 0 Å². The van der Waals surface area contributed by atoms with Crippen LogP contribution in [0, 0.1) is 6.92 Å². The van der Waals surface area contributed by atoms with Crippen LogP contribution in [0.4, 0.5) is 0 Å². The maximum Gasteiger partial charge on any atom is 0.261 e. The van der Waals surface area contributed by atoms with Crippen molar-refractivity contribution in [2.24, 2.45) is 0 Å². The van der Waals surface area contributed by atoms with Gasteiger partial charge < -0.3 is 14.7 Å². The minimum absolute atomic E-state index is 0.0212. The first kappa shape index (κ1) is 20.1. The molecule has 0 aliphatic rings. The zero-order chi connectivity index (χ0) is 21.1. The molecule has 0 fully saturated rings. The number of furan rings is 1. The highest BCUT2D eigenvalue weighted by Gasteiger charge is 2.20. The minimum atomic E-state index is -0.204. The highest BCUT2D eigenvalue weighted by Crippen LogP contribution is 2.27. The molecule has 0 radical (unpaired) electrons. The van der Waals surface area contributed by atoms with Gasteiger partial charge in [0.15, 0.2) is 0 Å². The number of nitrogens with one attached hydrogen (secondary N) is 2. The van der Waals surface area contributed by atoms with Gasteiger partial charge in [0.2, 0.25) is 0 Å². The third-order valence-electron chi connectivity index (χ3n) is 5.05. The Hall–Kier alpha value is -3.19. The monoisotopic (exact) mass is 421 g/mol. The van der Waals surface area contributed by atoms with Gasteiger partial charge in [-0.3, -0.25) is 9.59 Å². The molecule has 1 atom stereocenters. The fourth-order valence-electron chi connectivity index (χ4n) is 3.45. The van der Waals surface area contributed by atoms with Crippen LogP contribution in [0.1, 0.15) is 45.7 Å². The molecule has 154 valence electrons. The molecular formula is C23H23N3O3S. The molecular weight excluding hydrogens is 398 g/mol. The lowest BCUT2D eigenvalue weighted by atomic mass is 10.1. The number of amides is 1. The normalized spacial score (nSPS) is 12.2. The van der Waals surface area contributed by atoms with Crippen molar-refractivity contribution in [1.29, 1.82) is 0 Å². The predicted molar refractivity (Wildman–Crippen MR) is 118 cm³/mol. The molecule has 0 aliphatic heterocycles. The van der Waals surface area contributed by atoms with E-state index < -0.39 is 0 Å². The lowest BCUT2D eigenvalue weighted by molar-refractivity contribution is 0.0941. The molecule has 4 aromatic rings. The van der Waals surface area contributed by atoms with E-state index in [9.17, 15) is 9.59 Å². The number of H-pyrrole nitrogens is 1. The molecule has 30 heavy (non-hydrogen) atoms. The number of carbonyl (C=O) groups is 1.